The number of hydrogen-bond donors (Lipinski definition) is 3. The molecule has 0 spiro atoms. The first-order valence-electron chi connectivity index (χ1n) is 31.4. The van der Waals surface area contributed by atoms with Crippen LogP contribution in [-0.4, -0.2) is 190 Å². The van der Waals surface area contributed by atoms with Gasteiger partial charge in [0.25, 0.3) is 0 Å². The smallest absolute Gasteiger partial charge is 0.373 e. The summed E-state index contributed by atoms with van der Waals surface area (Å²) in [4.78, 5) is 0. The molecule has 6 heterocycles. The lowest BCUT2D eigenvalue weighted by Crippen LogP contribution is -2.56. The number of terminal acetylenes is 1. The minimum Gasteiger partial charge on any atom is -0.373 e. The van der Waals surface area contributed by atoms with Crippen LogP contribution in [-0.2, 0) is 135 Å². The molecule has 27 nitrogen and oxygen atoms in total. The average Bonchev–Trinajstić information content (AvgIpc) is 0.841. The van der Waals surface area contributed by atoms with E-state index < -0.39 is 156 Å². The van der Waals surface area contributed by atoms with Crippen molar-refractivity contribution in [1.82, 2.24) is 0 Å². The normalized spacial score (nSPS) is 34.8. The van der Waals surface area contributed by atoms with Gasteiger partial charge < -0.3 is 71.1 Å². The van der Waals surface area contributed by atoms with Gasteiger partial charge in [0.1, 0.15) is 30.5 Å². The third-order valence-electron chi connectivity index (χ3n) is 17.0. The summed E-state index contributed by atoms with van der Waals surface area (Å²) in [6.07, 6.45) is -6.61. The molecule has 93 heavy (non-hydrogen) atoms. The summed E-state index contributed by atoms with van der Waals surface area (Å²) in [6, 6.07) is 28.6. The molecular formula is C63H88O27S3. The van der Waals surface area contributed by atoms with E-state index in [1.165, 1.54) is 0 Å². The quantitative estimate of drug-likeness (QED) is 0.0333. The van der Waals surface area contributed by atoms with E-state index in [4.69, 9.17) is 90.0 Å². The van der Waals surface area contributed by atoms with Crippen LogP contribution in [0.25, 0.3) is 0 Å². The molecule has 0 amide bonds. The van der Waals surface area contributed by atoms with Crippen LogP contribution in [0.2, 0.25) is 0 Å². The maximum atomic E-state index is 12.2. The number of benzene rings is 3. The van der Waals surface area contributed by atoms with Crippen LogP contribution in [0, 0.1) is 36.0 Å². The van der Waals surface area contributed by atoms with E-state index in [0.717, 1.165) is 16.7 Å². The summed E-state index contributed by atoms with van der Waals surface area (Å²) in [5.41, 5.74) is 2.74. The zero-order valence-electron chi connectivity index (χ0n) is 52.5. The molecule has 3 aromatic rings. The second-order valence-electron chi connectivity index (χ2n) is 24.4. The number of unbranched alkanes of at least 4 members (excludes halogenated alkanes) is 1. The predicted octanol–water partition coefficient (Wildman–Crippen LogP) is 6.69. The van der Waals surface area contributed by atoms with E-state index in [2.05, 4.69) is 5.92 Å². The molecule has 3 aromatic carbocycles. The Labute approximate surface area is 544 Å². The summed E-state index contributed by atoms with van der Waals surface area (Å²) in [5, 5.41) is 0. The lowest BCUT2D eigenvalue weighted by Gasteiger charge is -2.46. The van der Waals surface area contributed by atoms with Crippen molar-refractivity contribution in [3.8, 4) is 12.3 Å². The number of rotatable bonds is 32. The van der Waals surface area contributed by atoms with Gasteiger partial charge in [0, 0.05) is 50.9 Å². The van der Waals surface area contributed by atoms with E-state index in [1.54, 1.807) is 0 Å². The van der Waals surface area contributed by atoms with E-state index in [1.807, 2.05) is 119 Å². The second kappa shape index (κ2) is 35.1. The Balaban J connectivity index is 0.856. The zero-order chi connectivity index (χ0) is 66.1. The largest absolute Gasteiger partial charge is 0.397 e. The van der Waals surface area contributed by atoms with Gasteiger partial charge in [-0.1, -0.05) is 119 Å². The van der Waals surface area contributed by atoms with Gasteiger partial charge in [0.2, 0.25) is 0 Å². The average molecular weight is 1370 g/mol. The summed E-state index contributed by atoms with van der Waals surface area (Å²) in [5.74, 6) is 1.54. The molecule has 0 radical (unpaired) electrons. The minimum absolute atomic E-state index is 0.0592. The Morgan fingerprint density at radius 3 is 1.14 bits per heavy atom. The maximum absolute atomic E-state index is 12.2. The van der Waals surface area contributed by atoms with Crippen molar-refractivity contribution >= 4 is 31.2 Å². The molecule has 6 aliphatic heterocycles. The molecule has 0 aliphatic carbocycles. The minimum atomic E-state index is -4.99. The fourth-order valence-electron chi connectivity index (χ4n) is 12.3. The highest BCUT2D eigenvalue weighted by atomic mass is 32.3. The van der Waals surface area contributed by atoms with Crippen molar-refractivity contribution in [3.05, 3.63) is 108 Å². The van der Waals surface area contributed by atoms with Gasteiger partial charge in [0.15, 0.2) is 37.7 Å². The molecule has 520 valence electrons. The molecule has 0 saturated carbocycles. The molecule has 6 saturated heterocycles. The molecule has 30 heteroatoms. The fraction of sp³-hybridized carbons (Fsp3) is 0.683. The first-order valence-corrected chi connectivity index (χ1v) is 35.5. The van der Waals surface area contributed by atoms with Crippen LogP contribution in [0.4, 0.5) is 0 Å². The van der Waals surface area contributed by atoms with Crippen LogP contribution >= 0.6 is 0 Å². The van der Waals surface area contributed by atoms with Crippen molar-refractivity contribution in [1.29, 1.82) is 0 Å². The molecule has 6 fully saturated rings. The molecular weight excluding hydrogens is 1280 g/mol. The summed E-state index contributed by atoms with van der Waals surface area (Å²) in [6.45, 7) is 6.95. The Morgan fingerprint density at radius 2 is 0.763 bits per heavy atom. The van der Waals surface area contributed by atoms with E-state index in [-0.39, 0.29) is 76.0 Å². The van der Waals surface area contributed by atoms with Crippen molar-refractivity contribution in [2.45, 2.75) is 204 Å². The SMILES string of the molecule is C#CCCCOC1C[C@@H](C)[C@H](O[C@H]2C[C@H](OCc3ccccc3)[C@H](O[C@H]3C[C@@H](C)[C@H](O[C@H]4C[C@H](OCc5ccccc5)C(O[C@H]5C[C@@H](C)[C@H](O[C@H]6C[C@H](OCc7ccccc7)[C@H](C)CO6)C(COS(=O)(=O)O)O5)CO4)C(COS(=O)(=O)O)O3)CO2)C(COS(=O)(=O)O)O1. The molecule has 6 aliphatic rings. The molecule has 5 unspecified atom stereocenters. The van der Waals surface area contributed by atoms with Crippen molar-refractivity contribution in [3.63, 3.8) is 0 Å². The van der Waals surface area contributed by atoms with Gasteiger partial charge in [-0.3, -0.25) is 13.7 Å². The standard InChI is InChI=1S/C63H88O27S3/c1-6-7-17-24-73-55-25-40(2)61(52(85-55)37-80-91(64,65)66)89-57-29-48(75-33-45-20-13-9-14-21-45)50(35-78-57)84-60-27-42(4)63(54(87-60)39-82-93(70,71)72)90-58-30-49(76-34-46-22-15-10-16-23-46)51(36-79-58)83-59-26-41(3)62(53(86-59)38-81-92(67,68)69)88-56-28-47(43(5)31-77-56)74-32-44-18-11-8-12-19-44/h1,8-16,18-23,40-43,47-63H,7,17,24-39H2,2-5H3,(H,64,65,66)(H,67,68,69)(H,70,71,72)/t40-,41-,42-,43-,47+,48+,49+,50-,51?,52?,53?,54?,55?,56+,57+,58+,59-,60-,61+,62+,63+/m1/s1. The predicted molar refractivity (Wildman–Crippen MR) is 326 cm³/mol. The zero-order valence-corrected chi connectivity index (χ0v) is 54.9. The molecule has 3 N–H and O–H groups in total. The van der Waals surface area contributed by atoms with Crippen LogP contribution in [0.3, 0.4) is 0 Å². The van der Waals surface area contributed by atoms with Gasteiger partial charge in [0.05, 0.1) is 103 Å². The highest BCUT2D eigenvalue weighted by Gasteiger charge is 2.49. The van der Waals surface area contributed by atoms with Gasteiger partial charge in [-0.05, 0) is 40.9 Å². The van der Waals surface area contributed by atoms with Crippen LogP contribution in [0.15, 0.2) is 91.0 Å². The van der Waals surface area contributed by atoms with Gasteiger partial charge in [-0.2, -0.15) is 25.3 Å². The molecule has 0 aromatic heterocycles. The van der Waals surface area contributed by atoms with Crippen molar-refractivity contribution < 1.29 is 123 Å². The Hall–Kier alpha value is -3.77. The molecule has 21 atom stereocenters. The molecule has 0 bridgehead atoms. The Bertz CT molecular complexity index is 3100. The maximum Gasteiger partial charge on any atom is 0.397 e. The lowest BCUT2D eigenvalue weighted by atomic mass is 9.92. The Morgan fingerprint density at radius 1 is 0.419 bits per heavy atom. The van der Waals surface area contributed by atoms with E-state index in [0.29, 0.717) is 45.5 Å². The van der Waals surface area contributed by atoms with Crippen LogP contribution < -0.4 is 0 Å². The number of ether oxygens (including phenoxy) is 15. The summed E-state index contributed by atoms with van der Waals surface area (Å²) in [7, 11) is -14.8. The second-order valence-corrected chi connectivity index (χ2v) is 27.7. The summed E-state index contributed by atoms with van der Waals surface area (Å²) < 4.78 is 212. The number of hydrogen-bond acceptors (Lipinski definition) is 24. The van der Waals surface area contributed by atoms with Gasteiger partial charge >= 0.3 is 31.2 Å². The van der Waals surface area contributed by atoms with Crippen LogP contribution in [0.5, 0.6) is 0 Å². The highest BCUT2D eigenvalue weighted by Crippen LogP contribution is 2.39. The van der Waals surface area contributed by atoms with Gasteiger partial charge in [-0.25, -0.2) is 12.5 Å². The van der Waals surface area contributed by atoms with Crippen molar-refractivity contribution in [2.75, 3.05) is 46.2 Å². The topological polar surface area (TPSA) is 329 Å². The van der Waals surface area contributed by atoms with E-state index in [9.17, 15) is 38.9 Å². The third-order valence-corrected chi connectivity index (χ3v) is 18.3. The van der Waals surface area contributed by atoms with Gasteiger partial charge in [-0.15, -0.1) is 12.3 Å². The monoisotopic (exact) mass is 1370 g/mol. The molecule has 9 rings (SSSR count). The fourth-order valence-corrected chi connectivity index (χ4v) is 13.2. The first-order chi connectivity index (χ1) is 44.5. The highest BCUT2D eigenvalue weighted by molar-refractivity contribution is 7.81. The summed E-state index contributed by atoms with van der Waals surface area (Å²) >= 11 is 0. The van der Waals surface area contributed by atoms with E-state index >= 15 is 0 Å². The first kappa shape index (κ1) is 73.5. The lowest BCUT2D eigenvalue weighted by molar-refractivity contribution is -0.339. The van der Waals surface area contributed by atoms with Crippen molar-refractivity contribution in [2.24, 2.45) is 23.7 Å². The van der Waals surface area contributed by atoms with Crippen LogP contribution in [0.1, 0.15) is 95.8 Å². The third kappa shape index (κ3) is 23.7. The Kier molecular flexibility index (Phi) is 27.8.